The van der Waals surface area contributed by atoms with Crippen LogP contribution in [0, 0.1) is 29.6 Å². The first-order chi connectivity index (χ1) is 11.3. The van der Waals surface area contributed by atoms with Crippen LogP contribution in [0.2, 0.25) is 0 Å². The smallest absolute Gasteiger partial charge is 0.312 e. The lowest BCUT2D eigenvalue weighted by atomic mass is 9.49. The van der Waals surface area contributed by atoms with E-state index in [0.29, 0.717) is 6.42 Å². The summed E-state index contributed by atoms with van der Waals surface area (Å²) in [6, 6.07) is 0. The van der Waals surface area contributed by atoms with Gasteiger partial charge >= 0.3 is 5.97 Å². The number of hydrogen-bond donors (Lipinski definition) is 1. The summed E-state index contributed by atoms with van der Waals surface area (Å²) in [5.41, 5.74) is -3.46. The van der Waals surface area contributed by atoms with Crippen LogP contribution in [-0.2, 0) is 28.5 Å². The number of methoxy groups -OCH3 is 1. The Morgan fingerprint density at radius 3 is 2.88 bits per heavy atom. The van der Waals surface area contributed by atoms with Gasteiger partial charge in [-0.3, -0.25) is 4.79 Å². The molecule has 4 fully saturated rings. The number of terminal acetylenes is 1. The summed E-state index contributed by atoms with van der Waals surface area (Å²) in [4.78, 5) is 12.5. The van der Waals surface area contributed by atoms with Crippen LogP contribution in [0.15, 0.2) is 0 Å². The summed E-state index contributed by atoms with van der Waals surface area (Å²) in [7, 11) is 1.52. The van der Waals surface area contributed by atoms with Crippen LogP contribution in [0.1, 0.15) is 20.3 Å². The maximum absolute atomic E-state index is 12.5. The largest absolute Gasteiger partial charge is 0.459 e. The van der Waals surface area contributed by atoms with Crippen molar-refractivity contribution >= 4 is 5.97 Å². The van der Waals surface area contributed by atoms with Gasteiger partial charge in [-0.25, -0.2) is 0 Å². The van der Waals surface area contributed by atoms with Gasteiger partial charge in [0.05, 0.1) is 12.5 Å². The van der Waals surface area contributed by atoms with Crippen molar-refractivity contribution in [3.05, 3.63) is 0 Å². The second-order valence-corrected chi connectivity index (χ2v) is 7.55. The number of esters is 1. The summed E-state index contributed by atoms with van der Waals surface area (Å²) in [6.45, 7) is 3.77. The Balaban J connectivity index is 1.90. The van der Waals surface area contributed by atoms with Crippen molar-refractivity contribution in [3.63, 3.8) is 0 Å². The predicted molar refractivity (Wildman–Crippen MR) is 79.3 cm³/mol. The van der Waals surface area contributed by atoms with Gasteiger partial charge in [0.15, 0.2) is 11.9 Å². The summed E-state index contributed by atoms with van der Waals surface area (Å²) in [5.74, 6) is 1.42. The normalized spacial score (nSPS) is 55.0. The highest BCUT2D eigenvalue weighted by atomic mass is 16.7. The van der Waals surface area contributed by atoms with Crippen LogP contribution in [-0.4, -0.2) is 61.3 Å². The standard InChI is InChI=1S/C17H22O7/c1-5-17-12-11(22-8-20-4)14(24-17)21-7-9-13(18)23-10(16(17,3)19)6-15(9,12)2/h1,9-12,14,19H,6-8H2,2-4H3/t9-,10+,11-,12-,14-,15-,16+,17+/m1/s1. The Labute approximate surface area is 140 Å². The average Bonchev–Trinajstić information content (AvgIpc) is 2.80. The van der Waals surface area contributed by atoms with Crippen LogP contribution in [0.25, 0.3) is 0 Å². The van der Waals surface area contributed by atoms with Crippen molar-refractivity contribution in [3.8, 4) is 12.3 Å². The molecule has 8 atom stereocenters. The van der Waals surface area contributed by atoms with Gasteiger partial charge in [-0.15, -0.1) is 6.42 Å². The molecule has 132 valence electrons. The van der Waals surface area contributed by atoms with Crippen LogP contribution in [0.4, 0.5) is 0 Å². The lowest BCUT2D eigenvalue weighted by Gasteiger charge is -2.61. The summed E-state index contributed by atoms with van der Waals surface area (Å²) in [6.07, 6.45) is 4.32. The molecule has 4 rings (SSSR count). The fraction of sp³-hybridized carbons (Fsp3) is 0.824. The van der Waals surface area contributed by atoms with Crippen LogP contribution in [0.5, 0.6) is 0 Å². The summed E-state index contributed by atoms with van der Waals surface area (Å²) >= 11 is 0. The number of ether oxygens (including phenoxy) is 5. The number of aliphatic hydroxyl groups is 1. The van der Waals surface area contributed by atoms with Gasteiger partial charge in [-0.2, -0.15) is 0 Å². The van der Waals surface area contributed by atoms with Crippen molar-refractivity contribution in [1.82, 2.24) is 0 Å². The van der Waals surface area contributed by atoms with E-state index in [1.807, 2.05) is 6.92 Å². The lowest BCUT2D eigenvalue weighted by molar-refractivity contribution is -0.305. The highest BCUT2D eigenvalue weighted by Crippen LogP contribution is 2.65. The molecular formula is C17H22O7. The quantitative estimate of drug-likeness (QED) is 0.442. The van der Waals surface area contributed by atoms with Gasteiger partial charge in [0.1, 0.15) is 24.6 Å². The summed E-state index contributed by atoms with van der Waals surface area (Å²) in [5, 5.41) is 11.2. The molecular weight excluding hydrogens is 316 g/mol. The van der Waals surface area contributed by atoms with Crippen molar-refractivity contribution in [2.45, 2.75) is 50.0 Å². The van der Waals surface area contributed by atoms with Crippen molar-refractivity contribution in [1.29, 1.82) is 0 Å². The fourth-order valence-electron chi connectivity index (χ4n) is 5.13. The van der Waals surface area contributed by atoms with E-state index >= 15 is 0 Å². The van der Waals surface area contributed by atoms with Crippen molar-refractivity contribution < 1.29 is 33.6 Å². The second-order valence-electron chi connectivity index (χ2n) is 7.55. The number of rotatable bonds is 3. The molecule has 7 nitrogen and oxygen atoms in total. The number of carbonyl (C=O) groups is 1. The Hall–Kier alpha value is -1.17. The third kappa shape index (κ3) is 1.68. The van der Waals surface area contributed by atoms with Gasteiger partial charge in [0.2, 0.25) is 0 Å². The van der Waals surface area contributed by atoms with Gasteiger partial charge < -0.3 is 28.8 Å². The molecule has 24 heavy (non-hydrogen) atoms. The zero-order valence-corrected chi connectivity index (χ0v) is 14.0. The molecule has 7 heteroatoms. The van der Waals surface area contributed by atoms with E-state index in [-0.39, 0.29) is 19.4 Å². The van der Waals surface area contributed by atoms with E-state index in [9.17, 15) is 9.90 Å². The molecule has 0 radical (unpaired) electrons. The Bertz CT molecular complexity index is 611. The third-order valence-corrected chi connectivity index (χ3v) is 6.41. The minimum atomic E-state index is -1.54. The molecule has 1 N–H and O–H groups in total. The highest BCUT2D eigenvalue weighted by molar-refractivity contribution is 5.75. The molecule has 3 aliphatic heterocycles. The maximum Gasteiger partial charge on any atom is 0.312 e. The van der Waals surface area contributed by atoms with Crippen molar-refractivity contribution in [2.24, 2.45) is 17.3 Å². The molecule has 4 aliphatic rings. The minimum absolute atomic E-state index is 0.0435. The predicted octanol–water partition coefficient (Wildman–Crippen LogP) is 0.0528. The monoisotopic (exact) mass is 338 g/mol. The van der Waals surface area contributed by atoms with Gasteiger partial charge in [0, 0.05) is 13.0 Å². The van der Waals surface area contributed by atoms with Crippen LogP contribution < -0.4 is 0 Å². The first kappa shape index (κ1) is 16.3. The van der Waals surface area contributed by atoms with Crippen molar-refractivity contribution in [2.75, 3.05) is 20.5 Å². The number of hydrogen-bond acceptors (Lipinski definition) is 7. The molecule has 3 saturated heterocycles. The molecule has 4 bridgehead atoms. The molecule has 0 aromatic carbocycles. The maximum atomic E-state index is 12.5. The third-order valence-electron chi connectivity index (χ3n) is 6.41. The van der Waals surface area contributed by atoms with E-state index in [1.54, 1.807) is 6.92 Å². The molecule has 0 aromatic rings. The topological polar surface area (TPSA) is 83.5 Å². The SMILES string of the molecule is C#C[C@]12O[C@H]3OC[C@@H]4C(=O)O[C@@H](C[C@@]4(C)[C@H]1[C@H]3OCOC)[C@]2(C)O. The first-order valence-corrected chi connectivity index (χ1v) is 8.12. The zero-order valence-electron chi connectivity index (χ0n) is 14.0. The van der Waals surface area contributed by atoms with E-state index < -0.39 is 47.0 Å². The molecule has 1 saturated carbocycles. The average molecular weight is 338 g/mol. The molecule has 0 amide bonds. The molecule has 3 heterocycles. The minimum Gasteiger partial charge on any atom is -0.459 e. The highest BCUT2D eigenvalue weighted by Gasteiger charge is 2.78. The van der Waals surface area contributed by atoms with Gasteiger partial charge in [-0.05, 0) is 18.8 Å². The zero-order chi connectivity index (χ0) is 17.3. The number of carbonyl (C=O) groups excluding carboxylic acids is 1. The van der Waals surface area contributed by atoms with E-state index in [0.717, 1.165) is 0 Å². The number of fused-ring (bicyclic) bond motifs is 2. The molecule has 0 aromatic heterocycles. The molecule has 0 spiro atoms. The van der Waals surface area contributed by atoms with E-state index in [2.05, 4.69) is 5.92 Å². The molecule has 1 aliphatic carbocycles. The lowest BCUT2D eigenvalue weighted by Crippen LogP contribution is -2.74. The summed E-state index contributed by atoms with van der Waals surface area (Å²) < 4.78 is 28.3. The van der Waals surface area contributed by atoms with Gasteiger partial charge in [0.25, 0.3) is 0 Å². The fourth-order valence-corrected chi connectivity index (χ4v) is 5.13. The van der Waals surface area contributed by atoms with Crippen LogP contribution >= 0.6 is 0 Å². The van der Waals surface area contributed by atoms with E-state index in [1.165, 1.54) is 7.11 Å². The van der Waals surface area contributed by atoms with Crippen LogP contribution in [0.3, 0.4) is 0 Å². The Morgan fingerprint density at radius 2 is 2.21 bits per heavy atom. The Kier molecular flexibility index (Phi) is 3.35. The first-order valence-electron chi connectivity index (χ1n) is 8.12. The van der Waals surface area contributed by atoms with Gasteiger partial charge in [-0.1, -0.05) is 12.8 Å². The Morgan fingerprint density at radius 1 is 1.46 bits per heavy atom. The van der Waals surface area contributed by atoms with E-state index in [4.69, 9.17) is 30.1 Å². The second kappa shape index (κ2) is 4.93. The molecule has 0 unspecified atom stereocenters.